The summed E-state index contributed by atoms with van der Waals surface area (Å²) in [6, 6.07) is 3.65. The quantitative estimate of drug-likeness (QED) is 0.489. The third-order valence-corrected chi connectivity index (χ3v) is 5.73. The smallest absolute Gasteiger partial charge is 0.261 e. The molecule has 1 aliphatic rings. The van der Waals surface area contributed by atoms with Gasteiger partial charge in [0, 0.05) is 36.8 Å². The molecule has 0 saturated heterocycles. The summed E-state index contributed by atoms with van der Waals surface area (Å²) in [5.74, 6) is 0.737. The van der Waals surface area contributed by atoms with Crippen LogP contribution in [0.3, 0.4) is 0 Å². The molecule has 33 heavy (non-hydrogen) atoms. The van der Waals surface area contributed by atoms with Gasteiger partial charge in [-0.3, -0.25) is 4.79 Å². The van der Waals surface area contributed by atoms with Gasteiger partial charge in [-0.1, -0.05) is 19.3 Å². The van der Waals surface area contributed by atoms with E-state index in [2.05, 4.69) is 21.6 Å². The number of anilines is 1. The fourth-order valence-electron chi connectivity index (χ4n) is 4.26. The molecule has 0 aliphatic heterocycles. The third kappa shape index (κ3) is 4.72. The van der Waals surface area contributed by atoms with Gasteiger partial charge in [0.05, 0.1) is 23.6 Å². The summed E-state index contributed by atoms with van der Waals surface area (Å²) < 4.78 is 9.54. The second kappa shape index (κ2) is 9.81. The van der Waals surface area contributed by atoms with Gasteiger partial charge in [-0.2, -0.15) is 5.10 Å². The van der Waals surface area contributed by atoms with Crippen molar-refractivity contribution in [3.8, 4) is 5.75 Å². The standard InChI is InChI=1S/C23H26N6O2.CH2O/c1-15(2)31-20-11-21-26-19(16-7-4-3-5-8-16)14-28(21)13-17(20)23(30)27-18-12-25-29-10-6-9-24-22(18)29;1-2/h6,9-16H,3-5,7-8H2,1-2H3,(H,27,30);1H2. The molecular weight excluding hydrogens is 420 g/mol. The maximum atomic E-state index is 13.2. The number of nitrogens with one attached hydrogen (secondary N) is 1. The maximum absolute atomic E-state index is 13.2. The van der Waals surface area contributed by atoms with Gasteiger partial charge in [-0.15, -0.1) is 0 Å². The van der Waals surface area contributed by atoms with Crippen LogP contribution in [-0.2, 0) is 4.79 Å². The molecule has 4 heterocycles. The van der Waals surface area contributed by atoms with E-state index in [9.17, 15) is 4.79 Å². The average Bonchev–Trinajstić information content (AvgIpc) is 3.44. The van der Waals surface area contributed by atoms with E-state index in [0.717, 1.165) is 11.3 Å². The van der Waals surface area contributed by atoms with E-state index in [0.29, 0.717) is 28.6 Å². The Labute approximate surface area is 191 Å². The predicted molar refractivity (Wildman–Crippen MR) is 125 cm³/mol. The highest BCUT2D eigenvalue weighted by Crippen LogP contribution is 2.33. The van der Waals surface area contributed by atoms with Gasteiger partial charge in [0.2, 0.25) is 0 Å². The number of rotatable bonds is 5. The Morgan fingerprint density at radius 2 is 2.00 bits per heavy atom. The van der Waals surface area contributed by atoms with Crippen LogP contribution in [0.4, 0.5) is 5.69 Å². The molecule has 5 rings (SSSR count). The zero-order valence-electron chi connectivity index (χ0n) is 18.9. The molecule has 1 amide bonds. The molecule has 9 heteroatoms. The largest absolute Gasteiger partial charge is 0.490 e. The van der Waals surface area contributed by atoms with Gasteiger partial charge in [-0.05, 0) is 32.8 Å². The zero-order chi connectivity index (χ0) is 23.4. The predicted octanol–water partition coefficient (Wildman–Crippen LogP) is 4.28. The number of pyridine rings is 1. The van der Waals surface area contributed by atoms with Crippen LogP contribution in [0, 0.1) is 0 Å². The Kier molecular flexibility index (Phi) is 6.67. The second-order valence-corrected chi connectivity index (χ2v) is 8.38. The normalized spacial score (nSPS) is 14.3. The van der Waals surface area contributed by atoms with Gasteiger partial charge in [0.25, 0.3) is 5.91 Å². The Morgan fingerprint density at radius 1 is 1.21 bits per heavy atom. The second-order valence-electron chi connectivity index (χ2n) is 8.38. The Morgan fingerprint density at radius 3 is 2.76 bits per heavy atom. The molecule has 1 saturated carbocycles. The molecule has 9 nitrogen and oxygen atoms in total. The lowest BCUT2D eigenvalue weighted by Gasteiger charge is -2.19. The van der Waals surface area contributed by atoms with Crippen molar-refractivity contribution in [2.24, 2.45) is 0 Å². The highest BCUT2D eigenvalue weighted by molar-refractivity contribution is 6.07. The van der Waals surface area contributed by atoms with Crippen LogP contribution in [0.25, 0.3) is 11.3 Å². The Balaban J connectivity index is 0.00000126. The van der Waals surface area contributed by atoms with Gasteiger partial charge < -0.3 is 19.2 Å². The molecule has 172 valence electrons. The molecule has 0 bridgehead atoms. The molecule has 0 spiro atoms. The summed E-state index contributed by atoms with van der Waals surface area (Å²) in [6.07, 6.45) is 15.0. The highest BCUT2D eigenvalue weighted by atomic mass is 16.5. The monoisotopic (exact) mass is 448 g/mol. The minimum Gasteiger partial charge on any atom is -0.490 e. The molecule has 0 atom stereocenters. The van der Waals surface area contributed by atoms with Crippen molar-refractivity contribution in [1.82, 2.24) is 24.0 Å². The molecule has 0 unspecified atom stereocenters. The summed E-state index contributed by atoms with van der Waals surface area (Å²) in [7, 11) is 0. The zero-order valence-corrected chi connectivity index (χ0v) is 18.9. The van der Waals surface area contributed by atoms with Crippen LogP contribution in [0.1, 0.15) is 67.9 Å². The van der Waals surface area contributed by atoms with Crippen LogP contribution in [-0.4, -0.2) is 42.8 Å². The number of hydrogen-bond donors (Lipinski definition) is 1. The number of hydrogen-bond acceptors (Lipinski definition) is 6. The third-order valence-electron chi connectivity index (χ3n) is 5.73. The lowest BCUT2D eigenvalue weighted by atomic mass is 9.87. The topological polar surface area (TPSA) is 103 Å². The number of carbonyl (C=O) groups excluding carboxylic acids is 2. The van der Waals surface area contributed by atoms with Crippen molar-refractivity contribution in [3.05, 3.63) is 54.4 Å². The number of imidazole rings is 1. The van der Waals surface area contributed by atoms with Crippen LogP contribution in [0.15, 0.2) is 43.1 Å². The van der Waals surface area contributed by atoms with E-state index < -0.39 is 0 Å². The number of amides is 1. The van der Waals surface area contributed by atoms with Crippen LogP contribution in [0.2, 0.25) is 0 Å². The van der Waals surface area contributed by atoms with Crippen LogP contribution in [0.5, 0.6) is 5.75 Å². The van der Waals surface area contributed by atoms with E-state index in [-0.39, 0.29) is 12.0 Å². The molecule has 0 radical (unpaired) electrons. The molecular formula is C24H28N6O3. The number of aromatic nitrogens is 5. The first-order chi connectivity index (χ1) is 16.1. The van der Waals surface area contributed by atoms with E-state index in [4.69, 9.17) is 14.5 Å². The first-order valence-electron chi connectivity index (χ1n) is 11.2. The maximum Gasteiger partial charge on any atom is 0.261 e. The van der Waals surface area contributed by atoms with Crippen molar-refractivity contribution in [2.45, 2.75) is 58.0 Å². The van der Waals surface area contributed by atoms with Gasteiger partial charge in [0.15, 0.2) is 5.65 Å². The minimum atomic E-state index is -0.272. The lowest BCUT2D eigenvalue weighted by molar-refractivity contribution is -0.0980. The first-order valence-corrected chi connectivity index (χ1v) is 11.2. The molecule has 0 aromatic carbocycles. The number of nitrogens with zero attached hydrogens (tertiary/aromatic N) is 5. The SMILES string of the molecule is C=O.CC(C)Oc1cc2nc(C3CCCCC3)cn2cc1C(=O)Nc1cnn2cccnc12. The van der Waals surface area contributed by atoms with Crippen molar-refractivity contribution in [2.75, 3.05) is 5.32 Å². The fraction of sp³-hybridized carbons (Fsp3) is 0.375. The summed E-state index contributed by atoms with van der Waals surface area (Å²) in [4.78, 5) is 30.4. The van der Waals surface area contributed by atoms with Gasteiger partial charge in [-0.25, -0.2) is 14.5 Å². The number of fused-ring (bicyclic) bond motifs is 2. The summed E-state index contributed by atoms with van der Waals surface area (Å²) in [5.41, 5.74) is 3.48. The summed E-state index contributed by atoms with van der Waals surface area (Å²) >= 11 is 0. The molecule has 1 N–H and O–H groups in total. The van der Waals surface area contributed by atoms with Crippen LogP contribution < -0.4 is 10.1 Å². The van der Waals surface area contributed by atoms with Crippen molar-refractivity contribution in [1.29, 1.82) is 0 Å². The summed E-state index contributed by atoms with van der Waals surface area (Å²) in [5, 5.41) is 7.17. The Bertz CT molecular complexity index is 1260. The van der Waals surface area contributed by atoms with Crippen molar-refractivity contribution in [3.63, 3.8) is 0 Å². The van der Waals surface area contributed by atoms with Gasteiger partial charge >= 0.3 is 0 Å². The van der Waals surface area contributed by atoms with Crippen molar-refractivity contribution < 1.29 is 14.3 Å². The number of carbonyl (C=O) groups is 2. The average molecular weight is 449 g/mol. The highest BCUT2D eigenvalue weighted by Gasteiger charge is 2.22. The molecule has 1 fully saturated rings. The molecule has 1 aliphatic carbocycles. The lowest BCUT2D eigenvalue weighted by Crippen LogP contribution is -2.16. The van der Waals surface area contributed by atoms with Gasteiger partial charge in [0.1, 0.15) is 23.9 Å². The van der Waals surface area contributed by atoms with E-state index in [1.165, 1.54) is 32.1 Å². The van der Waals surface area contributed by atoms with Crippen molar-refractivity contribution >= 4 is 29.7 Å². The van der Waals surface area contributed by atoms with E-state index in [1.54, 1.807) is 35.4 Å². The minimum absolute atomic E-state index is 0.0691. The Hall–Kier alpha value is -3.75. The number of ether oxygens (including phenoxy) is 1. The molecule has 4 aromatic rings. The van der Waals surface area contributed by atoms with E-state index >= 15 is 0 Å². The fourth-order valence-corrected chi connectivity index (χ4v) is 4.26. The van der Waals surface area contributed by atoms with E-state index in [1.807, 2.05) is 31.1 Å². The van der Waals surface area contributed by atoms with Crippen LogP contribution >= 0.6 is 0 Å². The summed E-state index contributed by atoms with van der Waals surface area (Å²) in [6.45, 7) is 5.89. The molecule has 4 aromatic heterocycles. The first kappa shape index (κ1) is 22.4.